The third kappa shape index (κ3) is 2.76. The SMILES string of the molecule is O=C1CCOc2cc(Sc3c(F)cc(F)cc3F)ccc21. The number of Topliss-reactive ketones (excluding diaryl/α,β-unsaturated/α-hetero) is 1. The normalized spacial score (nSPS) is 13.8. The molecule has 0 aromatic heterocycles. The summed E-state index contributed by atoms with van der Waals surface area (Å²) in [6, 6.07) is 5.96. The van der Waals surface area contributed by atoms with E-state index in [-0.39, 0.29) is 10.7 Å². The summed E-state index contributed by atoms with van der Waals surface area (Å²) in [4.78, 5) is 11.9. The number of carbonyl (C=O) groups is 1. The van der Waals surface area contributed by atoms with Gasteiger partial charge in [0.2, 0.25) is 0 Å². The van der Waals surface area contributed by atoms with E-state index in [9.17, 15) is 18.0 Å². The number of carbonyl (C=O) groups excluding carboxylic acids is 1. The molecule has 1 aliphatic rings. The van der Waals surface area contributed by atoms with Crippen LogP contribution in [0.15, 0.2) is 40.1 Å². The maximum absolute atomic E-state index is 13.6. The van der Waals surface area contributed by atoms with Crippen LogP contribution in [0.4, 0.5) is 13.2 Å². The Morgan fingerprint density at radius 3 is 2.48 bits per heavy atom. The molecule has 0 amide bonds. The zero-order chi connectivity index (χ0) is 15.0. The fourth-order valence-electron chi connectivity index (χ4n) is 2.05. The lowest BCUT2D eigenvalue weighted by Crippen LogP contribution is -2.15. The molecule has 0 aliphatic carbocycles. The first-order chi connectivity index (χ1) is 10.0. The van der Waals surface area contributed by atoms with Crippen molar-refractivity contribution in [3.05, 3.63) is 53.3 Å². The molecule has 6 heteroatoms. The van der Waals surface area contributed by atoms with Crippen molar-refractivity contribution in [2.45, 2.75) is 16.2 Å². The standard InChI is InChI=1S/C15H9F3O2S/c16-8-5-11(17)15(12(18)6-8)21-9-1-2-10-13(19)3-4-20-14(10)7-9/h1-2,5-7H,3-4H2. The topological polar surface area (TPSA) is 26.3 Å². The second kappa shape index (κ2) is 5.44. The number of benzene rings is 2. The highest BCUT2D eigenvalue weighted by Crippen LogP contribution is 2.36. The van der Waals surface area contributed by atoms with Gasteiger partial charge in [0.1, 0.15) is 23.2 Å². The molecule has 108 valence electrons. The van der Waals surface area contributed by atoms with E-state index < -0.39 is 17.5 Å². The largest absolute Gasteiger partial charge is 0.492 e. The Bertz CT molecular complexity index is 708. The molecule has 0 N–H and O–H groups in total. The first-order valence-electron chi connectivity index (χ1n) is 6.17. The highest BCUT2D eigenvalue weighted by atomic mass is 32.2. The molecule has 21 heavy (non-hydrogen) atoms. The van der Waals surface area contributed by atoms with Crippen LogP contribution in [0.2, 0.25) is 0 Å². The van der Waals surface area contributed by atoms with Crippen molar-refractivity contribution in [3.8, 4) is 5.75 Å². The van der Waals surface area contributed by atoms with E-state index in [0.717, 1.165) is 11.8 Å². The molecule has 1 aliphatic heterocycles. The van der Waals surface area contributed by atoms with Gasteiger partial charge in [-0.05, 0) is 18.2 Å². The molecule has 2 aromatic carbocycles. The zero-order valence-electron chi connectivity index (χ0n) is 10.7. The smallest absolute Gasteiger partial charge is 0.169 e. The summed E-state index contributed by atoms with van der Waals surface area (Å²) >= 11 is 0.816. The van der Waals surface area contributed by atoms with Crippen LogP contribution in [0.5, 0.6) is 5.75 Å². The summed E-state index contributed by atoms with van der Waals surface area (Å²) in [5.41, 5.74) is 0.464. The van der Waals surface area contributed by atoms with Crippen LogP contribution in [-0.4, -0.2) is 12.4 Å². The Hall–Kier alpha value is -1.95. The first-order valence-corrected chi connectivity index (χ1v) is 6.98. The van der Waals surface area contributed by atoms with Crippen LogP contribution in [0, 0.1) is 17.5 Å². The number of hydrogen-bond donors (Lipinski definition) is 0. The van der Waals surface area contributed by atoms with Gasteiger partial charge in [0.15, 0.2) is 5.78 Å². The van der Waals surface area contributed by atoms with Gasteiger partial charge in [-0.25, -0.2) is 13.2 Å². The van der Waals surface area contributed by atoms with E-state index in [1.807, 2.05) is 0 Å². The van der Waals surface area contributed by atoms with Crippen molar-refractivity contribution in [1.82, 2.24) is 0 Å². The van der Waals surface area contributed by atoms with Crippen molar-refractivity contribution >= 4 is 17.5 Å². The molecule has 0 fully saturated rings. The Morgan fingerprint density at radius 2 is 1.76 bits per heavy atom. The molecule has 1 heterocycles. The van der Waals surface area contributed by atoms with Gasteiger partial charge < -0.3 is 4.74 Å². The fourth-order valence-corrected chi connectivity index (χ4v) is 2.90. The minimum Gasteiger partial charge on any atom is -0.492 e. The van der Waals surface area contributed by atoms with Gasteiger partial charge in [0.05, 0.1) is 17.1 Å². The lowest BCUT2D eigenvalue weighted by Gasteiger charge is -2.17. The number of hydrogen-bond acceptors (Lipinski definition) is 3. The lowest BCUT2D eigenvalue weighted by molar-refractivity contribution is 0.0933. The van der Waals surface area contributed by atoms with Gasteiger partial charge in [-0.15, -0.1) is 0 Å². The van der Waals surface area contributed by atoms with Crippen LogP contribution in [0.1, 0.15) is 16.8 Å². The third-order valence-corrected chi connectivity index (χ3v) is 4.11. The summed E-state index contributed by atoms with van der Waals surface area (Å²) in [6.45, 7) is 0.291. The quantitative estimate of drug-likeness (QED) is 0.831. The van der Waals surface area contributed by atoms with Gasteiger partial charge in [0.25, 0.3) is 0 Å². The van der Waals surface area contributed by atoms with E-state index in [1.165, 1.54) is 0 Å². The molecule has 0 bridgehead atoms. The van der Waals surface area contributed by atoms with E-state index >= 15 is 0 Å². The Labute approximate surface area is 122 Å². The van der Waals surface area contributed by atoms with Gasteiger partial charge in [-0.3, -0.25) is 4.79 Å². The predicted molar refractivity (Wildman–Crippen MR) is 71.3 cm³/mol. The van der Waals surface area contributed by atoms with Gasteiger partial charge >= 0.3 is 0 Å². The van der Waals surface area contributed by atoms with E-state index in [0.29, 0.717) is 41.4 Å². The number of rotatable bonds is 2. The highest BCUT2D eigenvalue weighted by molar-refractivity contribution is 7.99. The molecule has 0 radical (unpaired) electrons. The van der Waals surface area contributed by atoms with Gasteiger partial charge in [-0.2, -0.15) is 0 Å². The Balaban J connectivity index is 1.94. The second-order valence-corrected chi connectivity index (χ2v) is 5.56. The van der Waals surface area contributed by atoms with Crippen LogP contribution in [-0.2, 0) is 0 Å². The Kier molecular flexibility index (Phi) is 3.63. The second-order valence-electron chi connectivity index (χ2n) is 4.48. The van der Waals surface area contributed by atoms with Crippen molar-refractivity contribution in [1.29, 1.82) is 0 Å². The van der Waals surface area contributed by atoms with Crippen molar-refractivity contribution < 1.29 is 22.7 Å². The molecule has 3 rings (SSSR count). The number of fused-ring (bicyclic) bond motifs is 1. The van der Waals surface area contributed by atoms with Crippen LogP contribution < -0.4 is 4.74 Å². The molecule has 0 spiro atoms. The fraction of sp³-hybridized carbons (Fsp3) is 0.133. The minimum atomic E-state index is -0.966. The number of ether oxygens (including phenoxy) is 1. The predicted octanol–water partition coefficient (Wildman–Crippen LogP) is 4.22. The molecule has 0 saturated carbocycles. The average molecular weight is 310 g/mol. The maximum atomic E-state index is 13.6. The van der Waals surface area contributed by atoms with E-state index in [4.69, 9.17) is 4.74 Å². The zero-order valence-corrected chi connectivity index (χ0v) is 11.5. The summed E-state index contributed by atoms with van der Waals surface area (Å²) in [6.07, 6.45) is 0.320. The van der Waals surface area contributed by atoms with Crippen molar-refractivity contribution in [2.24, 2.45) is 0 Å². The van der Waals surface area contributed by atoms with E-state index in [2.05, 4.69) is 0 Å². The average Bonchev–Trinajstić information content (AvgIpc) is 2.43. The summed E-state index contributed by atoms with van der Waals surface area (Å²) in [5.74, 6) is -2.51. The van der Waals surface area contributed by atoms with Crippen LogP contribution in [0.3, 0.4) is 0 Å². The summed E-state index contributed by atoms with van der Waals surface area (Å²) in [5, 5.41) is 0. The number of ketones is 1. The van der Waals surface area contributed by atoms with Crippen molar-refractivity contribution in [2.75, 3.05) is 6.61 Å². The summed E-state index contributed by atoms with van der Waals surface area (Å²) in [7, 11) is 0. The summed E-state index contributed by atoms with van der Waals surface area (Å²) < 4.78 is 45.5. The minimum absolute atomic E-state index is 0.0213. The molecule has 0 atom stereocenters. The van der Waals surface area contributed by atoms with Crippen LogP contribution >= 0.6 is 11.8 Å². The maximum Gasteiger partial charge on any atom is 0.169 e. The lowest BCUT2D eigenvalue weighted by atomic mass is 10.1. The first kappa shape index (κ1) is 14.0. The molecule has 0 unspecified atom stereocenters. The molecule has 2 nitrogen and oxygen atoms in total. The molecular formula is C15H9F3O2S. The van der Waals surface area contributed by atoms with Crippen molar-refractivity contribution in [3.63, 3.8) is 0 Å². The van der Waals surface area contributed by atoms with Gasteiger partial charge in [0, 0.05) is 23.4 Å². The highest BCUT2D eigenvalue weighted by Gasteiger charge is 2.20. The van der Waals surface area contributed by atoms with Crippen LogP contribution in [0.25, 0.3) is 0 Å². The van der Waals surface area contributed by atoms with E-state index in [1.54, 1.807) is 18.2 Å². The molecule has 2 aromatic rings. The monoisotopic (exact) mass is 310 g/mol. The van der Waals surface area contributed by atoms with Gasteiger partial charge in [-0.1, -0.05) is 11.8 Å². The Morgan fingerprint density at radius 1 is 1.05 bits per heavy atom. The number of halogens is 3. The third-order valence-electron chi connectivity index (χ3n) is 3.02. The molecule has 0 saturated heterocycles. The molecular weight excluding hydrogens is 301 g/mol.